The number of hydrogen-bond acceptors (Lipinski definition) is 5. The zero-order valence-electron chi connectivity index (χ0n) is 11.9. The van der Waals surface area contributed by atoms with Gasteiger partial charge in [-0.25, -0.2) is 8.57 Å². The van der Waals surface area contributed by atoms with Crippen molar-refractivity contribution in [3.05, 3.63) is 48.3 Å². The van der Waals surface area contributed by atoms with Crippen molar-refractivity contribution >= 4 is 9.73 Å². The summed E-state index contributed by atoms with van der Waals surface area (Å²) < 4.78 is 16.4. The van der Waals surface area contributed by atoms with Crippen LogP contribution in [0.3, 0.4) is 0 Å². The summed E-state index contributed by atoms with van der Waals surface area (Å²) in [5.74, 6) is 0. The molecule has 3 N–H and O–H groups in total. The number of benzene rings is 1. The van der Waals surface area contributed by atoms with Crippen molar-refractivity contribution in [1.82, 2.24) is 4.98 Å². The van der Waals surface area contributed by atoms with Gasteiger partial charge in [0, 0.05) is 29.5 Å². The minimum absolute atomic E-state index is 0.0952. The Labute approximate surface area is 125 Å². The Hall–Kier alpha value is -1.76. The van der Waals surface area contributed by atoms with Crippen LogP contribution < -0.4 is 5.73 Å². The molecule has 0 aliphatic carbocycles. The van der Waals surface area contributed by atoms with Crippen LogP contribution in [0.25, 0.3) is 11.1 Å². The second-order valence-electron chi connectivity index (χ2n) is 4.65. The summed E-state index contributed by atoms with van der Waals surface area (Å²) in [7, 11) is -2.45. The van der Waals surface area contributed by atoms with Crippen LogP contribution in [0, 0.1) is 0 Å². The van der Waals surface area contributed by atoms with Crippen molar-refractivity contribution in [2.75, 3.05) is 19.4 Å². The fourth-order valence-corrected chi connectivity index (χ4v) is 3.13. The van der Waals surface area contributed by atoms with Crippen molar-refractivity contribution in [3.63, 3.8) is 0 Å². The zero-order valence-corrected chi connectivity index (χ0v) is 12.7. The smallest absolute Gasteiger partial charge is 0.0723 e. The van der Waals surface area contributed by atoms with Gasteiger partial charge in [-0.3, -0.25) is 4.98 Å². The van der Waals surface area contributed by atoms with Crippen LogP contribution >= 0.6 is 0 Å². The fourth-order valence-electron chi connectivity index (χ4n) is 1.91. The number of hydrogen-bond donors (Lipinski definition) is 2. The molecule has 0 aliphatic rings. The highest BCUT2D eigenvalue weighted by molar-refractivity contribution is 7.93. The fraction of sp³-hybridized carbons (Fsp3) is 0.267. The molecule has 1 heterocycles. The molecular weight excluding hydrogens is 286 g/mol. The molecule has 2 rings (SSSR count). The lowest BCUT2D eigenvalue weighted by atomic mass is 10.1. The van der Waals surface area contributed by atoms with Crippen molar-refractivity contribution in [3.8, 4) is 11.1 Å². The van der Waals surface area contributed by atoms with Crippen molar-refractivity contribution in [2.24, 2.45) is 10.1 Å². The minimum atomic E-state index is -2.45. The maximum absolute atomic E-state index is 12.4. The van der Waals surface area contributed by atoms with Gasteiger partial charge in [0.05, 0.1) is 28.6 Å². The molecule has 0 amide bonds. The van der Waals surface area contributed by atoms with E-state index in [0.717, 1.165) is 16.8 Å². The van der Waals surface area contributed by atoms with E-state index < -0.39 is 9.73 Å². The van der Waals surface area contributed by atoms with Gasteiger partial charge in [0.25, 0.3) is 0 Å². The molecule has 0 saturated carbocycles. The lowest BCUT2D eigenvalue weighted by molar-refractivity contribution is 0.307. The predicted molar refractivity (Wildman–Crippen MR) is 84.3 cm³/mol. The molecule has 1 aromatic heterocycles. The molecule has 1 aromatic carbocycles. The van der Waals surface area contributed by atoms with E-state index in [1.54, 1.807) is 24.6 Å². The average Bonchev–Trinajstić information content (AvgIpc) is 2.53. The van der Waals surface area contributed by atoms with Crippen LogP contribution in [0.4, 0.5) is 0 Å². The third kappa shape index (κ3) is 3.87. The van der Waals surface area contributed by atoms with Crippen molar-refractivity contribution in [1.29, 1.82) is 0 Å². The van der Waals surface area contributed by atoms with E-state index in [1.165, 1.54) is 0 Å². The van der Waals surface area contributed by atoms with Gasteiger partial charge in [-0.1, -0.05) is 18.2 Å². The SMILES string of the molecule is CS(=O)(=NCCO)c1ccc(-c2ccc(CN)nc2)cc1. The maximum atomic E-state index is 12.4. The van der Waals surface area contributed by atoms with Crippen LogP contribution in [0.2, 0.25) is 0 Å². The van der Waals surface area contributed by atoms with Gasteiger partial charge < -0.3 is 10.8 Å². The third-order valence-corrected chi connectivity index (χ3v) is 4.92. The third-order valence-electron chi connectivity index (χ3n) is 3.10. The second kappa shape index (κ2) is 6.80. The molecule has 21 heavy (non-hydrogen) atoms. The normalized spacial score (nSPS) is 13.7. The Morgan fingerprint density at radius 1 is 1.19 bits per heavy atom. The van der Waals surface area contributed by atoms with Gasteiger partial charge in [0.2, 0.25) is 0 Å². The van der Waals surface area contributed by atoms with Gasteiger partial charge in [0.1, 0.15) is 0 Å². The number of aromatic nitrogens is 1. The highest BCUT2D eigenvalue weighted by Gasteiger charge is 2.06. The first-order valence-electron chi connectivity index (χ1n) is 6.61. The highest BCUT2D eigenvalue weighted by atomic mass is 32.2. The molecule has 0 fully saturated rings. The summed E-state index contributed by atoms with van der Waals surface area (Å²) in [6, 6.07) is 11.2. The maximum Gasteiger partial charge on any atom is 0.0723 e. The monoisotopic (exact) mass is 305 g/mol. The van der Waals surface area contributed by atoms with Crippen LogP contribution in [0.15, 0.2) is 51.9 Å². The number of pyridine rings is 1. The number of nitrogens with two attached hydrogens (primary N) is 1. The summed E-state index contributed by atoms with van der Waals surface area (Å²) in [6.45, 7) is 0.507. The Bertz CT molecular complexity index is 703. The van der Waals surface area contributed by atoms with E-state index in [2.05, 4.69) is 9.35 Å². The molecule has 0 radical (unpaired) electrons. The molecule has 5 nitrogen and oxygen atoms in total. The summed E-state index contributed by atoms with van der Waals surface area (Å²) in [6.07, 6.45) is 3.35. The largest absolute Gasteiger partial charge is 0.394 e. The summed E-state index contributed by atoms with van der Waals surface area (Å²) in [5, 5.41) is 8.78. The molecular formula is C15H19N3O2S. The number of rotatable bonds is 5. The first kappa shape index (κ1) is 15.6. The lowest BCUT2D eigenvalue weighted by Gasteiger charge is -2.07. The highest BCUT2D eigenvalue weighted by Crippen LogP contribution is 2.21. The van der Waals surface area contributed by atoms with E-state index >= 15 is 0 Å². The Kier molecular flexibility index (Phi) is 5.06. The number of aliphatic hydroxyl groups is 1. The first-order valence-corrected chi connectivity index (χ1v) is 8.53. The standard InChI is InChI=1S/C15H19N3O2S/c1-21(20,18-8-9-19)15-6-3-12(4-7-15)13-2-5-14(10-16)17-11-13/h2-7,11,19H,8-10,16H2,1H3. The van der Waals surface area contributed by atoms with Gasteiger partial charge >= 0.3 is 0 Å². The quantitative estimate of drug-likeness (QED) is 0.879. The number of nitrogens with zero attached hydrogens (tertiary/aromatic N) is 2. The van der Waals surface area contributed by atoms with Gasteiger partial charge in [-0.2, -0.15) is 0 Å². The molecule has 0 aliphatic heterocycles. The van der Waals surface area contributed by atoms with Gasteiger partial charge in [0.15, 0.2) is 0 Å². The summed E-state index contributed by atoms with van der Waals surface area (Å²) in [4.78, 5) is 4.92. The Morgan fingerprint density at radius 3 is 2.38 bits per heavy atom. The van der Waals surface area contributed by atoms with Crippen molar-refractivity contribution in [2.45, 2.75) is 11.4 Å². The molecule has 1 atom stereocenters. The minimum Gasteiger partial charge on any atom is -0.394 e. The predicted octanol–water partition coefficient (Wildman–Crippen LogP) is 1.66. The Balaban J connectivity index is 2.28. The van der Waals surface area contributed by atoms with E-state index in [1.807, 2.05) is 24.3 Å². The summed E-state index contributed by atoms with van der Waals surface area (Å²) in [5.41, 5.74) is 8.34. The second-order valence-corrected chi connectivity index (χ2v) is 6.98. The Morgan fingerprint density at radius 2 is 1.86 bits per heavy atom. The summed E-state index contributed by atoms with van der Waals surface area (Å²) >= 11 is 0. The molecule has 0 spiro atoms. The van der Waals surface area contributed by atoms with E-state index in [4.69, 9.17) is 10.8 Å². The molecule has 1 unspecified atom stereocenters. The van der Waals surface area contributed by atoms with Gasteiger partial charge in [-0.15, -0.1) is 0 Å². The van der Waals surface area contributed by atoms with E-state index in [-0.39, 0.29) is 13.2 Å². The van der Waals surface area contributed by atoms with E-state index in [0.29, 0.717) is 11.4 Å². The van der Waals surface area contributed by atoms with Crippen LogP contribution in [-0.4, -0.2) is 33.7 Å². The average molecular weight is 305 g/mol. The molecule has 0 saturated heterocycles. The van der Waals surface area contributed by atoms with Crippen LogP contribution in [-0.2, 0) is 16.3 Å². The van der Waals surface area contributed by atoms with E-state index in [9.17, 15) is 4.21 Å². The molecule has 0 bridgehead atoms. The van der Waals surface area contributed by atoms with Crippen LogP contribution in [0.5, 0.6) is 0 Å². The topological polar surface area (TPSA) is 88.6 Å². The number of aliphatic hydroxyl groups excluding tert-OH is 1. The molecule has 2 aromatic rings. The van der Waals surface area contributed by atoms with Gasteiger partial charge in [-0.05, 0) is 23.8 Å². The molecule has 112 valence electrons. The zero-order chi connectivity index (χ0) is 15.3. The molecule has 6 heteroatoms. The van der Waals surface area contributed by atoms with Crippen molar-refractivity contribution < 1.29 is 9.32 Å². The van der Waals surface area contributed by atoms with Crippen LogP contribution in [0.1, 0.15) is 5.69 Å². The first-order chi connectivity index (χ1) is 10.1. The lowest BCUT2D eigenvalue weighted by Crippen LogP contribution is -2.01.